The fourth-order valence-electron chi connectivity index (χ4n) is 13.4. The molecule has 3 unspecified atom stereocenters. The number of aryl methyl sites for hydroxylation is 3. The summed E-state index contributed by atoms with van der Waals surface area (Å²) in [4.78, 5) is 67.0. The molecule has 16 rings (SSSR count). The molecular weight excluding hydrogens is 1520 g/mol. The zero-order valence-electron chi connectivity index (χ0n) is 63.5. The van der Waals surface area contributed by atoms with Gasteiger partial charge in [0.25, 0.3) is 0 Å². The molecule has 23 heteroatoms. The molecule has 16 aromatic rings. The number of fused-ring (bicyclic) bond motifs is 5. The molecule has 3 atom stereocenters. The van der Waals surface area contributed by atoms with E-state index in [9.17, 15) is 64.2 Å². The summed E-state index contributed by atoms with van der Waals surface area (Å²) in [6.45, 7) is 11.0. The second kappa shape index (κ2) is 37.0. The van der Waals surface area contributed by atoms with E-state index >= 15 is 0 Å². The number of rotatable bonds is 15. The molecule has 0 fully saturated rings. The molecule has 1 N–H and O–H groups in total. The van der Waals surface area contributed by atoms with Crippen LogP contribution in [-0.4, -0.2) is 5.11 Å². The van der Waals surface area contributed by atoms with Gasteiger partial charge in [-0.15, -0.1) is 0 Å². The van der Waals surface area contributed by atoms with Gasteiger partial charge in [0, 0.05) is 23.3 Å². The molecule has 0 radical (unpaired) electrons. The molecule has 0 spiro atoms. The molecule has 5 heterocycles. The quantitative estimate of drug-likeness (QED) is 0.0437. The molecule has 0 saturated heterocycles. The van der Waals surface area contributed by atoms with Gasteiger partial charge in [-0.3, -0.25) is 24.0 Å². The number of nitrogens with zero attached hydrogens (tertiary/aromatic N) is 3. The van der Waals surface area contributed by atoms with Gasteiger partial charge < -0.3 is 31.9 Å². The monoisotopic (exact) mass is 1590 g/mol. The van der Waals surface area contributed by atoms with Gasteiger partial charge >= 0.3 is 0 Å². The highest BCUT2D eigenvalue weighted by atomic mass is 19.2. The SMILES string of the molecule is CC(N=[N+]=[N-])c1oc2cccc(F)c2c(=O)c1-c1cccc(F)c1.CC(O)c1oc2cccc(F)c2c(=O)c1-c1ccc(F)cc1.CCCc1oc2cccc(F)c2c(=O)c1-c1cccc(F)c1.CCc1oc2cccc(F)c2c(=O)c1-c1ccccc1F.Cc1cccc2oc(C(C)OCc3ccccc3)c(-c3ccccc3)c(=O)c12. The van der Waals surface area contributed by atoms with Crippen LogP contribution in [0, 0.1) is 53.5 Å². The fraction of sp³-hybridized carbons (Fsp3) is 0.138. The van der Waals surface area contributed by atoms with E-state index in [2.05, 4.69) is 10.0 Å². The summed E-state index contributed by atoms with van der Waals surface area (Å²) in [5.41, 5.74) is 12.3. The van der Waals surface area contributed by atoms with Crippen molar-refractivity contribution in [1.82, 2.24) is 0 Å². The van der Waals surface area contributed by atoms with Gasteiger partial charge in [-0.1, -0.05) is 171 Å². The van der Waals surface area contributed by atoms with Crippen molar-refractivity contribution < 1.29 is 67.1 Å². The Balaban J connectivity index is 0.000000135. The van der Waals surface area contributed by atoms with Crippen molar-refractivity contribution in [3.05, 3.63) is 397 Å². The van der Waals surface area contributed by atoms with Crippen molar-refractivity contribution >= 4 is 54.8 Å². The first-order valence-electron chi connectivity index (χ1n) is 36.9. The topological polar surface area (TPSA) is 229 Å². The van der Waals surface area contributed by atoms with Crippen molar-refractivity contribution in [1.29, 1.82) is 0 Å². The van der Waals surface area contributed by atoms with E-state index in [1.165, 1.54) is 147 Å². The minimum atomic E-state index is -1.07. The second-order valence-electron chi connectivity index (χ2n) is 26.8. The van der Waals surface area contributed by atoms with E-state index in [0.717, 1.165) is 41.3 Å². The molecular formula is C94H71F8N3O12. The maximum absolute atomic E-state index is 14.1. The molecule has 0 bridgehead atoms. The molecule has 11 aromatic carbocycles. The first kappa shape index (κ1) is 82.6. The smallest absolute Gasteiger partial charge is 0.203 e. The summed E-state index contributed by atoms with van der Waals surface area (Å²) >= 11 is 0. The Labute approximate surface area is 661 Å². The molecule has 15 nitrogen and oxygen atoms in total. The number of hydrogen-bond donors (Lipinski definition) is 1. The lowest BCUT2D eigenvalue weighted by Gasteiger charge is -2.17. The lowest BCUT2D eigenvalue weighted by atomic mass is 9.98. The lowest BCUT2D eigenvalue weighted by molar-refractivity contribution is 0.0389. The predicted molar refractivity (Wildman–Crippen MR) is 435 cm³/mol. The standard InChI is InChI=1S/C25H22O3.C18H14F2O2.C17H11F2N3O2.C17H12F2O3.C17H12F2O2/c1-17-10-9-15-21-22(17)24(26)23(20-13-7-4-8-14-20)25(28-21)18(2)27-16-19-11-5-3-6-12-19;1-2-5-14-16(11-6-3-7-12(19)10-11)18(21)17-13(20)8-4-9-15(17)22-14;1-9(21-22-20)17-14(10-4-2-5-11(18)8-10)16(23)15-12(19)6-3-7-13(15)24-17;1-9(20)17-14(10-5-7-11(18)8-6-10)16(21)15-12(19)3-2-4-13(15)22-17;1-2-13-15(10-6-3-4-7-11(10)18)17(20)16-12(19)8-5-9-14(16)21-13/h3-15,18H,16H2,1-2H3;3-4,6-10H,2,5H2,1H3;2-9H,1H3;2-9,20H,1H3;3-9H,2H2,1H3. The van der Waals surface area contributed by atoms with Crippen LogP contribution < -0.4 is 27.1 Å². The molecule has 0 aliphatic heterocycles. The van der Waals surface area contributed by atoms with Gasteiger partial charge in [0.2, 0.25) is 27.1 Å². The third-order valence-electron chi connectivity index (χ3n) is 18.9. The Bertz CT molecular complexity index is 6740. The predicted octanol–water partition coefficient (Wildman–Crippen LogP) is 23.9. The highest BCUT2D eigenvalue weighted by molar-refractivity contribution is 5.89. The fourth-order valence-corrected chi connectivity index (χ4v) is 13.4. The van der Waals surface area contributed by atoms with Crippen molar-refractivity contribution in [3.8, 4) is 55.6 Å². The Morgan fingerprint density at radius 3 is 1.29 bits per heavy atom. The van der Waals surface area contributed by atoms with Crippen molar-refractivity contribution in [2.24, 2.45) is 5.11 Å². The number of benzene rings is 11. The summed E-state index contributed by atoms with van der Waals surface area (Å²) in [6.07, 6.45) is 0.249. The van der Waals surface area contributed by atoms with Gasteiger partial charge in [-0.2, -0.15) is 0 Å². The number of azide groups is 1. The largest absolute Gasteiger partial charge is 0.460 e. The summed E-state index contributed by atoms with van der Waals surface area (Å²) in [5.74, 6) is -3.28. The van der Waals surface area contributed by atoms with E-state index < -0.39 is 80.4 Å². The van der Waals surface area contributed by atoms with Crippen molar-refractivity contribution in [2.45, 2.75) is 85.7 Å². The van der Waals surface area contributed by atoms with Crippen LogP contribution in [0.4, 0.5) is 35.1 Å². The molecule has 0 amide bonds. The average molecular weight is 1590 g/mol. The van der Waals surface area contributed by atoms with E-state index in [1.807, 2.05) is 99.6 Å². The van der Waals surface area contributed by atoms with E-state index in [1.54, 1.807) is 25.1 Å². The molecule has 590 valence electrons. The van der Waals surface area contributed by atoms with Crippen LogP contribution in [0.1, 0.15) is 99.2 Å². The van der Waals surface area contributed by atoms with Crippen LogP contribution in [0.15, 0.2) is 300 Å². The maximum Gasteiger partial charge on any atom is 0.203 e. The molecule has 117 heavy (non-hydrogen) atoms. The molecule has 0 aliphatic rings. The van der Waals surface area contributed by atoms with E-state index in [4.69, 9.17) is 32.4 Å². The summed E-state index contributed by atoms with van der Waals surface area (Å²) < 4.78 is 145. The van der Waals surface area contributed by atoms with Crippen LogP contribution in [0.2, 0.25) is 0 Å². The van der Waals surface area contributed by atoms with Crippen molar-refractivity contribution in [3.63, 3.8) is 0 Å². The van der Waals surface area contributed by atoms with Crippen LogP contribution >= 0.6 is 0 Å². The highest BCUT2D eigenvalue weighted by Crippen LogP contribution is 2.37. The third-order valence-corrected chi connectivity index (χ3v) is 18.9. The Hall–Kier alpha value is -13.9. The first-order valence-corrected chi connectivity index (χ1v) is 36.9. The maximum atomic E-state index is 14.1. The van der Waals surface area contributed by atoms with Crippen LogP contribution in [-0.2, 0) is 24.2 Å². The number of aliphatic hydroxyl groups excluding tert-OH is 1. The van der Waals surface area contributed by atoms with Gasteiger partial charge in [0.1, 0.15) is 137 Å². The van der Waals surface area contributed by atoms with E-state index in [-0.39, 0.29) is 100 Å². The zero-order valence-corrected chi connectivity index (χ0v) is 63.5. The summed E-state index contributed by atoms with van der Waals surface area (Å²) in [7, 11) is 0. The third kappa shape index (κ3) is 18.1. The van der Waals surface area contributed by atoms with E-state index in [0.29, 0.717) is 64.4 Å². The van der Waals surface area contributed by atoms with Gasteiger partial charge in [-0.05, 0) is 170 Å². The Morgan fingerprint density at radius 1 is 0.393 bits per heavy atom. The second-order valence-corrected chi connectivity index (χ2v) is 26.8. The number of aliphatic hydroxyl groups is 1. The van der Waals surface area contributed by atoms with Gasteiger partial charge in [0.15, 0.2) is 0 Å². The lowest BCUT2D eigenvalue weighted by Crippen LogP contribution is -2.13. The van der Waals surface area contributed by atoms with Crippen LogP contribution in [0.25, 0.3) is 121 Å². The first-order chi connectivity index (χ1) is 56.4. The van der Waals surface area contributed by atoms with Crippen LogP contribution in [0.5, 0.6) is 0 Å². The highest BCUT2D eigenvalue weighted by Gasteiger charge is 2.27. The molecule has 0 saturated carbocycles. The minimum absolute atomic E-state index is 0.0179. The minimum Gasteiger partial charge on any atom is -0.460 e. The molecule has 5 aromatic heterocycles. The summed E-state index contributed by atoms with van der Waals surface area (Å²) in [6, 6.07) is 63.1. The number of halogens is 8. The summed E-state index contributed by atoms with van der Waals surface area (Å²) in [5, 5.41) is 13.4. The number of ether oxygens (including phenoxy) is 1. The van der Waals surface area contributed by atoms with Crippen LogP contribution in [0.3, 0.4) is 0 Å². The average Bonchev–Trinajstić information content (AvgIpc) is 1.00. The Morgan fingerprint density at radius 2 is 0.786 bits per heavy atom. The van der Waals surface area contributed by atoms with Crippen molar-refractivity contribution in [2.75, 3.05) is 0 Å². The number of hydrogen-bond acceptors (Lipinski definition) is 13. The van der Waals surface area contributed by atoms with Gasteiger partial charge in [-0.25, -0.2) is 35.1 Å². The Kier molecular flexibility index (Phi) is 26.1. The molecule has 0 aliphatic carbocycles. The zero-order chi connectivity index (χ0) is 83.3. The normalized spacial score (nSPS) is 11.8. The van der Waals surface area contributed by atoms with Gasteiger partial charge in [0.05, 0.1) is 45.9 Å².